The van der Waals surface area contributed by atoms with Crippen molar-refractivity contribution in [1.29, 1.82) is 0 Å². The highest BCUT2D eigenvalue weighted by Crippen LogP contribution is 2.29. The normalized spacial score (nSPS) is 13.2. The predicted octanol–water partition coefficient (Wildman–Crippen LogP) is 3.20. The average molecular weight is 235 g/mol. The van der Waals surface area contributed by atoms with E-state index >= 15 is 0 Å². The minimum Gasteiger partial charge on any atom is -0.323 e. The molecule has 1 aromatic heterocycles. The average Bonchev–Trinajstić information content (AvgIpc) is 2.03. The number of rotatable bonds is 1. The monoisotopic (exact) mass is 234 g/mol. The van der Waals surface area contributed by atoms with Gasteiger partial charge in [-0.2, -0.15) is 0 Å². The van der Waals surface area contributed by atoms with Crippen LogP contribution in [0.5, 0.6) is 0 Å². The first-order valence-corrected chi connectivity index (χ1v) is 4.66. The Kier molecular flexibility index (Phi) is 4.85. The van der Waals surface area contributed by atoms with E-state index in [0.717, 1.165) is 5.56 Å². The molecule has 14 heavy (non-hydrogen) atoms. The van der Waals surface area contributed by atoms with Gasteiger partial charge in [0.2, 0.25) is 0 Å². The summed E-state index contributed by atoms with van der Waals surface area (Å²) < 4.78 is 0. The Morgan fingerprint density at radius 2 is 1.93 bits per heavy atom. The van der Waals surface area contributed by atoms with Gasteiger partial charge < -0.3 is 5.73 Å². The van der Waals surface area contributed by atoms with Crippen LogP contribution >= 0.6 is 24.0 Å². The summed E-state index contributed by atoms with van der Waals surface area (Å²) in [6.07, 6.45) is 1.73. The number of nitrogens with two attached hydrogens (primary N) is 1. The van der Waals surface area contributed by atoms with E-state index in [1.54, 1.807) is 12.3 Å². The van der Waals surface area contributed by atoms with Crippen LogP contribution in [0.15, 0.2) is 18.3 Å². The third-order valence-electron chi connectivity index (χ3n) is 2.04. The molecule has 0 aromatic carbocycles. The summed E-state index contributed by atoms with van der Waals surface area (Å²) >= 11 is 5.68. The van der Waals surface area contributed by atoms with Gasteiger partial charge in [-0.15, -0.1) is 12.4 Å². The first kappa shape index (κ1) is 13.7. The second-order valence-corrected chi connectivity index (χ2v) is 4.65. The predicted molar refractivity (Wildman–Crippen MR) is 62.9 cm³/mol. The zero-order valence-corrected chi connectivity index (χ0v) is 10.2. The summed E-state index contributed by atoms with van der Waals surface area (Å²) in [5, 5.41) is 0.504. The molecule has 0 aliphatic heterocycles. The lowest BCUT2D eigenvalue weighted by atomic mass is 9.84. The molecule has 2 nitrogen and oxygen atoms in total. The van der Waals surface area contributed by atoms with E-state index in [-0.39, 0.29) is 23.9 Å². The van der Waals surface area contributed by atoms with Crippen LogP contribution < -0.4 is 5.73 Å². The van der Waals surface area contributed by atoms with Gasteiger partial charge in [0.1, 0.15) is 5.15 Å². The van der Waals surface area contributed by atoms with Gasteiger partial charge in [-0.25, -0.2) is 4.98 Å². The standard InChI is InChI=1S/C10H15ClN2.ClH/c1-10(2,3)9(12)7-4-5-8(11)13-6-7;/h4-6,9H,12H2,1-3H3;1H/t9-;/m0./s1. The first-order chi connectivity index (χ1) is 5.91. The minimum atomic E-state index is -0.00253. The van der Waals surface area contributed by atoms with E-state index in [1.807, 2.05) is 6.07 Å². The summed E-state index contributed by atoms with van der Waals surface area (Å²) in [7, 11) is 0. The molecule has 1 rings (SSSR count). The van der Waals surface area contributed by atoms with Crippen LogP contribution in [-0.4, -0.2) is 4.98 Å². The van der Waals surface area contributed by atoms with Crippen molar-refractivity contribution >= 4 is 24.0 Å². The van der Waals surface area contributed by atoms with Crippen LogP contribution in [0.4, 0.5) is 0 Å². The molecule has 0 spiro atoms. The number of aromatic nitrogens is 1. The Morgan fingerprint density at radius 3 is 2.29 bits per heavy atom. The fourth-order valence-corrected chi connectivity index (χ4v) is 1.18. The van der Waals surface area contributed by atoms with Crippen LogP contribution in [0.1, 0.15) is 32.4 Å². The van der Waals surface area contributed by atoms with Crippen molar-refractivity contribution in [2.24, 2.45) is 11.1 Å². The quantitative estimate of drug-likeness (QED) is 0.759. The van der Waals surface area contributed by atoms with Crippen molar-refractivity contribution in [3.8, 4) is 0 Å². The van der Waals surface area contributed by atoms with Gasteiger partial charge in [-0.05, 0) is 17.0 Å². The van der Waals surface area contributed by atoms with E-state index in [4.69, 9.17) is 17.3 Å². The molecule has 1 aromatic rings. The SMILES string of the molecule is CC(C)(C)[C@@H](N)c1ccc(Cl)nc1.Cl. The molecule has 0 amide bonds. The highest BCUT2D eigenvalue weighted by atomic mass is 35.5. The Bertz CT molecular complexity index is 277. The first-order valence-electron chi connectivity index (χ1n) is 4.28. The van der Waals surface area contributed by atoms with Crippen LogP contribution in [0.25, 0.3) is 0 Å². The highest BCUT2D eigenvalue weighted by molar-refractivity contribution is 6.29. The molecule has 0 unspecified atom stereocenters. The Morgan fingerprint density at radius 1 is 1.36 bits per heavy atom. The zero-order chi connectivity index (χ0) is 10.1. The Hall–Kier alpha value is -0.310. The molecular formula is C10H16Cl2N2. The molecule has 80 valence electrons. The third-order valence-corrected chi connectivity index (χ3v) is 2.27. The summed E-state index contributed by atoms with van der Waals surface area (Å²) in [5.74, 6) is 0. The van der Waals surface area contributed by atoms with Gasteiger partial charge in [0.15, 0.2) is 0 Å². The molecule has 1 atom stereocenters. The second-order valence-electron chi connectivity index (χ2n) is 4.26. The molecular weight excluding hydrogens is 219 g/mol. The lowest BCUT2D eigenvalue weighted by molar-refractivity contribution is 0.326. The summed E-state index contributed by atoms with van der Waals surface area (Å²) in [5.41, 5.74) is 7.12. The Labute approximate surface area is 96.3 Å². The molecule has 0 fully saturated rings. The summed E-state index contributed by atoms with van der Waals surface area (Å²) in [6, 6.07) is 3.69. The van der Waals surface area contributed by atoms with Gasteiger partial charge in [-0.1, -0.05) is 38.4 Å². The molecule has 0 aliphatic rings. The van der Waals surface area contributed by atoms with Crippen molar-refractivity contribution in [3.63, 3.8) is 0 Å². The fourth-order valence-electron chi connectivity index (χ4n) is 1.07. The van der Waals surface area contributed by atoms with E-state index in [1.165, 1.54) is 0 Å². The van der Waals surface area contributed by atoms with Crippen molar-refractivity contribution in [2.75, 3.05) is 0 Å². The molecule has 1 heterocycles. The largest absolute Gasteiger partial charge is 0.323 e. The maximum atomic E-state index is 6.04. The maximum Gasteiger partial charge on any atom is 0.129 e. The smallest absolute Gasteiger partial charge is 0.129 e. The van der Waals surface area contributed by atoms with Crippen LogP contribution in [0, 0.1) is 5.41 Å². The van der Waals surface area contributed by atoms with Crippen LogP contribution in [-0.2, 0) is 0 Å². The molecule has 2 N–H and O–H groups in total. The molecule has 4 heteroatoms. The van der Waals surface area contributed by atoms with E-state index in [2.05, 4.69) is 25.8 Å². The van der Waals surface area contributed by atoms with Gasteiger partial charge in [0.05, 0.1) is 0 Å². The van der Waals surface area contributed by atoms with E-state index in [9.17, 15) is 0 Å². The topological polar surface area (TPSA) is 38.9 Å². The van der Waals surface area contributed by atoms with Crippen molar-refractivity contribution in [1.82, 2.24) is 4.98 Å². The fraction of sp³-hybridized carbons (Fsp3) is 0.500. The van der Waals surface area contributed by atoms with Gasteiger partial charge in [0, 0.05) is 12.2 Å². The lowest BCUT2D eigenvalue weighted by Gasteiger charge is -2.26. The number of pyridine rings is 1. The van der Waals surface area contributed by atoms with Gasteiger partial charge in [0.25, 0.3) is 0 Å². The maximum absolute atomic E-state index is 6.04. The van der Waals surface area contributed by atoms with Gasteiger partial charge in [-0.3, -0.25) is 0 Å². The molecule has 0 radical (unpaired) electrons. The number of nitrogens with zero attached hydrogens (tertiary/aromatic N) is 1. The van der Waals surface area contributed by atoms with E-state index in [0.29, 0.717) is 5.15 Å². The van der Waals surface area contributed by atoms with Crippen molar-refractivity contribution in [3.05, 3.63) is 29.0 Å². The second kappa shape index (κ2) is 4.96. The molecule has 0 saturated carbocycles. The summed E-state index contributed by atoms with van der Waals surface area (Å²) in [4.78, 5) is 4.00. The highest BCUT2D eigenvalue weighted by Gasteiger charge is 2.22. The summed E-state index contributed by atoms with van der Waals surface area (Å²) in [6.45, 7) is 6.31. The van der Waals surface area contributed by atoms with Crippen LogP contribution in [0.2, 0.25) is 5.15 Å². The molecule has 0 aliphatic carbocycles. The minimum absolute atomic E-state index is 0. The van der Waals surface area contributed by atoms with E-state index < -0.39 is 0 Å². The number of hydrogen-bond acceptors (Lipinski definition) is 2. The number of halogens is 2. The van der Waals surface area contributed by atoms with Crippen molar-refractivity contribution in [2.45, 2.75) is 26.8 Å². The lowest BCUT2D eigenvalue weighted by Crippen LogP contribution is -2.26. The molecule has 0 saturated heterocycles. The third kappa shape index (κ3) is 3.45. The number of hydrogen-bond donors (Lipinski definition) is 1. The van der Waals surface area contributed by atoms with Crippen molar-refractivity contribution < 1.29 is 0 Å². The molecule has 0 bridgehead atoms. The zero-order valence-electron chi connectivity index (χ0n) is 8.62. The van der Waals surface area contributed by atoms with Gasteiger partial charge >= 0.3 is 0 Å². The Balaban J connectivity index is 0.00000169. The van der Waals surface area contributed by atoms with Crippen LogP contribution in [0.3, 0.4) is 0 Å².